The van der Waals surface area contributed by atoms with E-state index in [1.807, 2.05) is 0 Å². The lowest BCUT2D eigenvalue weighted by molar-refractivity contribution is 0.0994. The van der Waals surface area contributed by atoms with E-state index < -0.39 is 40.2 Å². The molecule has 4 N–H and O–H groups in total. The van der Waals surface area contributed by atoms with Crippen LogP contribution in [-0.2, 0) is 0 Å². The quantitative estimate of drug-likeness (QED) is 0.513. The lowest BCUT2D eigenvalue weighted by Crippen LogP contribution is -2.15. The topological polar surface area (TPSA) is 83.6 Å². The first-order valence-corrected chi connectivity index (χ1v) is 4.00. The van der Waals surface area contributed by atoms with Crippen molar-refractivity contribution in [2.75, 3.05) is 6.54 Å². The van der Waals surface area contributed by atoms with Crippen molar-refractivity contribution in [2.45, 2.75) is 0 Å². The Bertz CT molecular complexity index is 368. The summed E-state index contributed by atoms with van der Waals surface area (Å²) in [7, 11) is 0. The molecular formula is C8H7ClFNO3. The van der Waals surface area contributed by atoms with Gasteiger partial charge in [0.1, 0.15) is 5.56 Å². The van der Waals surface area contributed by atoms with Crippen molar-refractivity contribution >= 4 is 17.4 Å². The van der Waals surface area contributed by atoms with Crippen LogP contribution in [0, 0.1) is 5.82 Å². The third-order valence-corrected chi connectivity index (χ3v) is 1.91. The number of ketones is 1. The van der Waals surface area contributed by atoms with Crippen LogP contribution in [0.4, 0.5) is 4.39 Å². The van der Waals surface area contributed by atoms with Crippen molar-refractivity contribution in [1.82, 2.24) is 0 Å². The van der Waals surface area contributed by atoms with Gasteiger partial charge in [0, 0.05) is 6.07 Å². The molecule has 0 aliphatic heterocycles. The van der Waals surface area contributed by atoms with Gasteiger partial charge in [-0.2, -0.15) is 0 Å². The zero-order valence-electron chi connectivity index (χ0n) is 6.92. The first-order chi connectivity index (χ1) is 6.49. The van der Waals surface area contributed by atoms with E-state index in [0.717, 1.165) is 6.07 Å². The Kier molecular flexibility index (Phi) is 2.93. The zero-order valence-corrected chi connectivity index (χ0v) is 7.68. The maximum atomic E-state index is 13.2. The third-order valence-electron chi connectivity index (χ3n) is 1.64. The van der Waals surface area contributed by atoms with Gasteiger partial charge >= 0.3 is 0 Å². The Labute approximate surface area is 83.7 Å². The molecule has 0 atom stereocenters. The number of phenolic OH excluding ortho intramolecular Hbond substituents is 2. The van der Waals surface area contributed by atoms with E-state index in [0.29, 0.717) is 0 Å². The molecule has 0 unspecified atom stereocenters. The Morgan fingerprint density at radius 3 is 2.64 bits per heavy atom. The third kappa shape index (κ3) is 1.64. The molecule has 0 amide bonds. The number of aromatic hydroxyl groups is 2. The summed E-state index contributed by atoms with van der Waals surface area (Å²) in [4.78, 5) is 11.1. The van der Waals surface area contributed by atoms with E-state index in [4.69, 9.17) is 22.4 Å². The average Bonchev–Trinajstić information content (AvgIpc) is 2.15. The predicted molar refractivity (Wildman–Crippen MR) is 48.1 cm³/mol. The van der Waals surface area contributed by atoms with Crippen LogP contribution in [0.3, 0.4) is 0 Å². The van der Waals surface area contributed by atoms with Crippen LogP contribution in [0.15, 0.2) is 6.07 Å². The van der Waals surface area contributed by atoms with E-state index in [2.05, 4.69) is 0 Å². The standard InChI is InChI=1S/C8H7ClFNO3/c9-3-1-4(12)8(14)6(7(3)10)5(13)2-11/h1,12,14H,2,11H2. The summed E-state index contributed by atoms with van der Waals surface area (Å²) in [5.74, 6) is -3.43. The van der Waals surface area contributed by atoms with Gasteiger partial charge in [-0.05, 0) is 0 Å². The Hall–Kier alpha value is -1.33. The smallest absolute Gasteiger partial charge is 0.183 e. The molecule has 0 saturated carbocycles. The molecule has 1 rings (SSSR count). The van der Waals surface area contributed by atoms with Crippen molar-refractivity contribution in [2.24, 2.45) is 5.73 Å². The molecule has 0 fully saturated rings. The molecule has 0 heterocycles. The summed E-state index contributed by atoms with van der Waals surface area (Å²) >= 11 is 5.35. The van der Waals surface area contributed by atoms with Crippen molar-refractivity contribution in [3.63, 3.8) is 0 Å². The van der Waals surface area contributed by atoms with Gasteiger partial charge in [0.05, 0.1) is 11.6 Å². The number of nitrogens with two attached hydrogens (primary N) is 1. The van der Waals surface area contributed by atoms with Gasteiger partial charge in [-0.25, -0.2) is 4.39 Å². The number of phenols is 2. The number of benzene rings is 1. The molecular weight excluding hydrogens is 213 g/mol. The second kappa shape index (κ2) is 3.81. The molecule has 76 valence electrons. The lowest BCUT2D eigenvalue weighted by atomic mass is 10.1. The lowest BCUT2D eigenvalue weighted by Gasteiger charge is -2.06. The first kappa shape index (κ1) is 10.7. The summed E-state index contributed by atoms with van der Waals surface area (Å²) in [6.45, 7) is -0.482. The van der Waals surface area contributed by atoms with E-state index in [1.165, 1.54) is 0 Å². The molecule has 1 aromatic carbocycles. The van der Waals surface area contributed by atoms with Crippen LogP contribution in [0.5, 0.6) is 11.5 Å². The molecule has 0 spiro atoms. The molecule has 0 bridgehead atoms. The number of carbonyl (C=O) groups excluding carboxylic acids is 1. The maximum absolute atomic E-state index is 13.2. The molecule has 0 saturated heterocycles. The normalized spacial score (nSPS) is 10.2. The number of rotatable bonds is 2. The summed E-state index contributed by atoms with van der Waals surface area (Å²) in [5, 5.41) is 17.8. The van der Waals surface area contributed by atoms with Crippen LogP contribution in [0.2, 0.25) is 5.02 Å². The highest BCUT2D eigenvalue weighted by Gasteiger charge is 2.21. The second-order valence-corrected chi connectivity index (χ2v) is 2.95. The highest BCUT2D eigenvalue weighted by atomic mass is 35.5. The fourth-order valence-corrected chi connectivity index (χ4v) is 1.16. The highest BCUT2D eigenvalue weighted by Crippen LogP contribution is 2.35. The van der Waals surface area contributed by atoms with Crippen molar-refractivity contribution in [3.05, 3.63) is 22.5 Å². The van der Waals surface area contributed by atoms with Crippen LogP contribution in [0.25, 0.3) is 0 Å². The molecule has 6 heteroatoms. The van der Waals surface area contributed by atoms with Crippen LogP contribution in [0.1, 0.15) is 10.4 Å². The number of carbonyl (C=O) groups is 1. The van der Waals surface area contributed by atoms with Gasteiger partial charge in [0.25, 0.3) is 0 Å². The molecule has 1 aromatic rings. The summed E-state index contributed by atoms with van der Waals surface area (Å²) in [6, 6.07) is 0.805. The van der Waals surface area contributed by atoms with E-state index in [9.17, 15) is 14.3 Å². The Balaban J connectivity index is 3.47. The average molecular weight is 220 g/mol. The minimum atomic E-state index is -1.09. The number of hydrogen-bond donors (Lipinski definition) is 3. The van der Waals surface area contributed by atoms with Gasteiger partial charge < -0.3 is 15.9 Å². The monoisotopic (exact) mass is 219 g/mol. The minimum absolute atomic E-state index is 0.447. The van der Waals surface area contributed by atoms with Gasteiger partial charge in [-0.15, -0.1) is 0 Å². The fourth-order valence-electron chi connectivity index (χ4n) is 0.960. The van der Waals surface area contributed by atoms with E-state index in [1.54, 1.807) is 0 Å². The fraction of sp³-hybridized carbons (Fsp3) is 0.125. The van der Waals surface area contributed by atoms with Gasteiger partial charge in [0.15, 0.2) is 23.1 Å². The van der Waals surface area contributed by atoms with Crippen LogP contribution < -0.4 is 5.73 Å². The Morgan fingerprint density at radius 2 is 2.14 bits per heavy atom. The molecule has 0 radical (unpaired) electrons. The Morgan fingerprint density at radius 1 is 1.57 bits per heavy atom. The summed E-state index contributed by atoms with van der Waals surface area (Å²) < 4.78 is 13.2. The largest absolute Gasteiger partial charge is 0.504 e. The molecule has 0 aliphatic carbocycles. The minimum Gasteiger partial charge on any atom is -0.504 e. The molecule has 4 nitrogen and oxygen atoms in total. The number of halogens is 2. The zero-order chi connectivity index (χ0) is 10.9. The summed E-state index contributed by atoms with van der Waals surface area (Å²) in [6.07, 6.45) is 0. The molecule has 0 aromatic heterocycles. The van der Waals surface area contributed by atoms with Crippen LogP contribution >= 0.6 is 11.6 Å². The molecule has 14 heavy (non-hydrogen) atoms. The van der Waals surface area contributed by atoms with Crippen molar-refractivity contribution < 1.29 is 19.4 Å². The van der Waals surface area contributed by atoms with Crippen molar-refractivity contribution in [3.8, 4) is 11.5 Å². The number of Topliss-reactive ketones (excluding diaryl/α,β-unsaturated/α-hetero) is 1. The van der Waals surface area contributed by atoms with E-state index >= 15 is 0 Å². The number of hydrogen-bond acceptors (Lipinski definition) is 4. The van der Waals surface area contributed by atoms with Gasteiger partial charge in [-0.3, -0.25) is 4.79 Å². The predicted octanol–water partition coefficient (Wildman–Crippen LogP) is 1.03. The SMILES string of the molecule is NCC(=O)c1c(O)c(O)cc(Cl)c1F. The van der Waals surface area contributed by atoms with Crippen molar-refractivity contribution in [1.29, 1.82) is 0 Å². The summed E-state index contributed by atoms with van der Waals surface area (Å²) in [5.41, 5.74) is 4.31. The van der Waals surface area contributed by atoms with Crippen LogP contribution in [-0.4, -0.2) is 22.5 Å². The maximum Gasteiger partial charge on any atom is 0.183 e. The van der Waals surface area contributed by atoms with Gasteiger partial charge in [0.2, 0.25) is 0 Å². The highest BCUT2D eigenvalue weighted by molar-refractivity contribution is 6.31. The first-order valence-electron chi connectivity index (χ1n) is 3.62. The second-order valence-electron chi connectivity index (χ2n) is 2.54. The van der Waals surface area contributed by atoms with Gasteiger partial charge in [-0.1, -0.05) is 11.6 Å². The van der Waals surface area contributed by atoms with E-state index in [-0.39, 0.29) is 0 Å². The molecule has 0 aliphatic rings.